The summed E-state index contributed by atoms with van der Waals surface area (Å²) in [6, 6.07) is 7.09. The predicted molar refractivity (Wildman–Crippen MR) is 106 cm³/mol. The molecule has 2 aliphatic heterocycles. The Morgan fingerprint density at radius 1 is 1.14 bits per heavy atom. The van der Waals surface area contributed by atoms with Gasteiger partial charge in [-0.25, -0.2) is 4.98 Å². The average Bonchev–Trinajstić information content (AvgIpc) is 2.82. The van der Waals surface area contributed by atoms with Gasteiger partial charge in [-0.2, -0.15) is 4.39 Å². The molecule has 146 valence electrons. The first kappa shape index (κ1) is 18.9. The van der Waals surface area contributed by atoms with Crippen LogP contribution in [0.2, 0.25) is 0 Å². The number of hydrogen-bond acceptors (Lipinski definition) is 5. The summed E-state index contributed by atoms with van der Waals surface area (Å²) in [7, 11) is -0.875. The Hall–Kier alpha value is -2.45. The molecule has 2 aromatic rings. The number of fused-ring (bicyclic) bond motifs is 1. The van der Waals surface area contributed by atoms with Gasteiger partial charge in [0.05, 0.1) is 11.2 Å². The summed E-state index contributed by atoms with van der Waals surface area (Å²) in [6.45, 7) is 8.22. The van der Waals surface area contributed by atoms with Gasteiger partial charge < -0.3 is 20.4 Å². The predicted octanol–water partition coefficient (Wildman–Crippen LogP) is 2.05. The molecular weight excluding hydrogens is 360 g/mol. The Morgan fingerprint density at radius 2 is 1.82 bits per heavy atom. The topological polar surface area (TPSA) is 86.5 Å². The first-order valence-electron chi connectivity index (χ1n) is 9.32. The molecule has 3 heterocycles. The molecule has 28 heavy (non-hydrogen) atoms. The monoisotopic (exact) mass is 383 g/mol. The molecule has 0 atom stereocenters. The Labute approximate surface area is 163 Å². The molecule has 3 N–H and O–H groups in total. The van der Waals surface area contributed by atoms with E-state index in [-0.39, 0.29) is 17.2 Å². The minimum atomic E-state index is -0.875. The minimum absolute atomic E-state index is 0.0815. The number of nitrogens with zero attached hydrogens (tertiary/aromatic N) is 1. The van der Waals surface area contributed by atoms with E-state index in [9.17, 15) is 9.18 Å². The van der Waals surface area contributed by atoms with Crippen molar-refractivity contribution in [3.63, 3.8) is 0 Å². The zero-order valence-corrected chi connectivity index (χ0v) is 16.4. The second kappa shape index (κ2) is 6.29. The third kappa shape index (κ3) is 2.97. The SMILES string of the molecule is CC1(C)OB(c2cc(-c3ccc4c(c3)CCNC4=O)c(N)nc2F)OC1(C)C. The van der Waals surface area contributed by atoms with Crippen LogP contribution in [0.3, 0.4) is 0 Å². The normalized spacial score (nSPS) is 20.0. The van der Waals surface area contributed by atoms with Crippen molar-refractivity contribution < 1.29 is 18.5 Å². The van der Waals surface area contributed by atoms with E-state index in [4.69, 9.17) is 15.0 Å². The van der Waals surface area contributed by atoms with Crippen LogP contribution in [-0.2, 0) is 15.7 Å². The Balaban J connectivity index is 1.76. The van der Waals surface area contributed by atoms with Gasteiger partial charge in [0.15, 0.2) is 0 Å². The van der Waals surface area contributed by atoms with E-state index in [1.54, 1.807) is 18.2 Å². The van der Waals surface area contributed by atoms with Crippen LogP contribution in [0.25, 0.3) is 11.1 Å². The Morgan fingerprint density at radius 3 is 2.50 bits per heavy atom. The Kier molecular flexibility index (Phi) is 4.24. The molecule has 1 aromatic carbocycles. The summed E-state index contributed by atoms with van der Waals surface area (Å²) in [6.07, 6.45) is 0.730. The summed E-state index contributed by atoms with van der Waals surface area (Å²) in [5.74, 6) is -0.717. The maximum absolute atomic E-state index is 14.6. The van der Waals surface area contributed by atoms with Crippen LogP contribution in [0.5, 0.6) is 0 Å². The molecule has 1 aromatic heterocycles. The second-order valence-electron chi connectivity index (χ2n) is 8.27. The zero-order valence-electron chi connectivity index (χ0n) is 16.4. The van der Waals surface area contributed by atoms with Crippen molar-refractivity contribution in [2.45, 2.75) is 45.3 Å². The number of pyridine rings is 1. The number of nitrogens with two attached hydrogens (primary N) is 1. The molecule has 0 aliphatic carbocycles. The lowest BCUT2D eigenvalue weighted by atomic mass is 9.78. The van der Waals surface area contributed by atoms with Gasteiger partial charge in [-0.1, -0.05) is 12.1 Å². The third-order valence-electron chi connectivity index (χ3n) is 5.88. The van der Waals surface area contributed by atoms with E-state index in [1.165, 1.54) is 0 Å². The fourth-order valence-corrected chi connectivity index (χ4v) is 3.48. The lowest BCUT2D eigenvalue weighted by molar-refractivity contribution is 0.00578. The van der Waals surface area contributed by atoms with Crippen LogP contribution >= 0.6 is 0 Å². The molecule has 8 heteroatoms. The number of carbonyl (C=O) groups is 1. The highest BCUT2D eigenvalue weighted by atomic mass is 19.1. The van der Waals surface area contributed by atoms with Crippen LogP contribution < -0.4 is 16.5 Å². The van der Waals surface area contributed by atoms with Crippen molar-refractivity contribution in [3.8, 4) is 11.1 Å². The summed E-state index contributed by atoms with van der Waals surface area (Å²) >= 11 is 0. The molecule has 1 saturated heterocycles. The first-order chi connectivity index (χ1) is 13.1. The van der Waals surface area contributed by atoms with Gasteiger partial charge in [0.1, 0.15) is 5.82 Å². The van der Waals surface area contributed by atoms with E-state index in [0.29, 0.717) is 17.7 Å². The summed E-state index contributed by atoms with van der Waals surface area (Å²) in [5, 5.41) is 2.82. The van der Waals surface area contributed by atoms with Gasteiger partial charge in [-0.15, -0.1) is 0 Å². The highest BCUT2D eigenvalue weighted by Crippen LogP contribution is 2.37. The molecule has 0 bridgehead atoms. The van der Waals surface area contributed by atoms with Crippen LogP contribution in [0.15, 0.2) is 24.3 Å². The summed E-state index contributed by atoms with van der Waals surface area (Å²) < 4.78 is 26.6. The molecule has 0 saturated carbocycles. The molecule has 4 rings (SSSR count). The van der Waals surface area contributed by atoms with Crippen molar-refractivity contribution in [1.29, 1.82) is 0 Å². The fraction of sp³-hybridized carbons (Fsp3) is 0.400. The molecule has 2 aliphatic rings. The first-order valence-corrected chi connectivity index (χ1v) is 9.32. The molecule has 1 fully saturated rings. The number of carbonyl (C=O) groups excluding carboxylic acids is 1. The van der Waals surface area contributed by atoms with Crippen LogP contribution in [0.1, 0.15) is 43.6 Å². The van der Waals surface area contributed by atoms with Crippen molar-refractivity contribution in [2.24, 2.45) is 0 Å². The quantitative estimate of drug-likeness (QED) is 0.613. The molecule has 6 nitrogen and oxygen atoms in total. The van der Waals surface area contributed by atoms with Crippen LogP contribution in [-0.4, -0.2) is 35.8 Å². The third-order valence-corrected chi connectivity index (χ3v) is 5.88. The highest BCUT2D eigenvalue weighted by Gasteiger charge is 2.52. The molecular formula is C20H23BFN3O3. The van der Waals surface area contributed by atoms with Crippen molar-refractivity contribution in [1.82, 2.24) is 10.3 Å². The second-order valence-corrected chi connectivity index (χ2v) is 8.27. The average molecular weight is 383 g/mol. The number of nitrogens with one attached hydrogen (secondary N) is 1. The number of rotatable bonds is 2. The van der Waals surface area contributed by atoms with E-state index in [0.717, 1.165) is 17.5 Å². The number of halogens is 1. The Bertz CT molecular complexity index is 961. The smallest absolute Gasteiger partial charge is 0.399 e. The molecule has 0 unspecified atom stereocenters. The van der Waals surface area contributed by atoms with Gasteiger partial charge in [0, 0.05) is 23.1 Å². The van der Waals surface area contributed by atoms with Gasteiger partial charge in [-0.3, -0.25) is 4.79 Å². The fourth-order valence-electron chi connectivity index (χ4n) is 3.48. The maximum Gasteiger partial charge on any atom is 0.499 e. The van der Waals surface area contributed by atoms with E-state index in [2.05, 4.69) is 10.3 Å². The lowest BCUT2D eigenvalue weighted by Gasteiger charge is -2.32. The maximum atomic E-state index is 14.6. The standard InChI is InChI=1S/C20H23BFN3O3/c1-19(2)20(3,4)28-21(27-19)15-10-14(17(23)25-16(15)22)11-5-6-13-12(9-11)7-8-24-18(13)26/h5-6,9-10H,7-8H2,1-4H3,(H2,23,25)(H,24,26). The number of hydrogen-bond donors (Lipinski definition) is 2. The van der Waals surface area contributed by atoms with E-state index >= 15 is 0 Å². The summed E-state index contributed by atoms with van der Waals surface area (Å²) in [5.41, 5.74) is 7.98. The highest BCUT2D eigenvalue weighted by molar-refractivity contribution is 6.62. The molecule has 1 amide bonds. The van der Waals surface area contributed by atoms with Crippen molar-refractivity contribution >= 4 is 24.3 Å². The minimum Gasteiger partial charge on any atom is -0.399 e. The van der Waals surface area contributed by atoms with Gasteiger partial charge >= 0.3 is 7.12 Å². The number of benzene rings is 1. The van der Waals surface area contributed by atoms with Crippen molar-refractivity contribution in [3.05, 3.63) is 41.3 Å². The molecule has 0 spiro atoms. The largest absolute Gasteiger partial charge is 0.499 e. The van der Waals surface area contributed by atoms with Crippen LogP contribution in [0.4, 0.5) is 10.2 Å². The van der Waals surface area contributed by atoms with Crippen LogP contribution in [0, 0.1) is 5.95 Å². The lowest BCUT2D eigenvalue weighted by Crippen LogP contribution is -2.41. The summed E-state index contributed by atoms with van der Waals surface area (Å²) in [4.78, 5) is 15.9. The number of nitrogen functional groups attached to an aromatic ring is 1. The number of amides is 1. The molecule has 0 radical (unpaired) electrons. The van der Waals surface area contributed by atoms with Crippen molar-refractivity contribution in [2.75, 3.05) is 12.3 Å². The zero-order chi connectivity index (χ0) is 20.3. The van der Waals surface area contributed by atoms with Gasteiger partial charge in [0.2, 0.25) is 5.95 Å². The number of aromatic nitrogens is 1. The van der Waals surface area contributed by atoms with Gasteiger partial charge in [-0.05, 0) is 57.4 Å². The van der Waals surface area contributed by atoms with E-state index in [1.807, 2.05) is 33.8 Å². The van der Waals surface area contributed by atoms with E-state index < -0.39 is 24.3 Å². The number of anilines is 1. The van der Waals surface area contributed by atoms with Gasteiger partial charge in [0.25, 0.3) is 5.91 Å².